The normalized spacial score (nSPS) is 11.6. The summed E-state index contributed by atoms with van der Waals surface area (Å²) >= 11 is 5.96. The average molecular weight is 435 g/mol. The van der Waals surface area contributed by atoms with E-state index in [1.54, 1.807) is 37.3 Å². The summed E-state index contributed by atoms with van der Waals surface area (Å²) in [5.41, 5.74) is 1.80. The Bertz CT molecular complexity index is 1160. The molecule has 0 aliphatic heterocycles. The van der Waals surface area contributed by atoms with Crippen LogP contribution in [0.4, 0.5) is 5.69 Å². The van der Waals surface area contributed by atoms with E-state index in [2.05, 4.69) is 20.7 Å². The molecule has 1 heterocycles. The molecule has 0 saturated heterocycles. The molecule has 0 saturated carbocycles. The fourth-order valence-electron chi connectivity index (χ4n) is 2.48. The van der Waals surface area contributed by atoms with E-state index in [0.29, 0.717) is 22.1 Å². The molecule has 1 amide bonds. The van der Waals surface area contributed by atoms with Gasteiger partial charge in [0.15, 0.2) is 0 Å². The molecule has 1 N–H and O–H groups in total. The number of halogens is 1. The number of carbonyl (C=O) groups is 1. The molecular weight excluding hydrogens is 416 g/mol. The average Bonchev–Trinajstić information content (AvgIpc) is 3.11. The van der Waals surface area contributed by atoms with E-state index in [9.17, 15) is 13.2 Å². The molecule has 0 bridgehead atoms. The number of tetrazole rings is 1. The van der Waals surface area contributed by atoms with Crippen LogP contribution < -0.4 is 5.32 Å². The maximum atomic E-state index is 12.4. The van der Waals surface area contributed by atoms with Crippen molar-refractivity contribution < 1.29 is 13.2 Å². The minimum absolute atomic E-state index is 0.0884. The molecule has 0 unspecified atom stereocenters. The highest BCUT2D eigenvalue weighted by Crippen LogP contribution is 2.22. The first kappa shape index (κ1) is 20.9. The van der Waals surface area contributed by atoms with E-state index in [1.807, 2.05) is 0 Å². The second-order valence-corrected chi connectivity index (χ2v) is 9.05. The maximum absolute atomic E-state index is 12.4. The number of nitrogens with one attached hydrogen (secondary N) is 1. The SMILES string of the molecule is Cc1ccc(S(=O)(=O)N(C)C)cc1NC(=O)Cn1nnc(-c2cccc(Cl)c2)n1. The molecule has 0 spiro atoms. The third kappa shape index (κ3) is 4.78. The lowest BCUT2D eigenvalue weighted by Crippen LogP contribution is -2.23. The highest BCUT2D eigenvalue weighted by Gasteiger charge is 2.19. The standard InChI is InChI=1S/C18H19ClN6O3S/c1-12-7-8-15(29(27,28)24(2)3)10-16(12)20-17(26)11-25-22-18(21-23-25)13-5-4-6-14(19)9-13/h4-10H,11H2,1-3H3,(H,20,26). The Morgan fingerprint density at radius 1 is 1.21 bits per heavy atom. The van der Waals surface area contributed by atoms with E-state index in [-0.39, 0.29) is 11.4 Å². The first-order valence-corrected chi connectivity index (χ1v) is 10.4. The summed E-state index contributed by atoms with van der Waals surface area (Å²) in [4.78, 5) is 13.7. The Labute approximate surface area is 173 Å². The van der Waals surface area contributed by atoms with Gasteiger partial charge in [0, 0.05) is 30.4 Å². The van der Waals surface area contributed by atoms with Crippen molar-refractivity contribution in [1.29, 1.82) is 0 Å². The topological polar surface area (TPSA) is 110 Å². The van der Waals surface area contributed by atoms with Gasteiger partial charge < -0.3 is 5.32 Å². The largest absolute Gasteiger partial charge is 0.324 e. The van der Waals surface area contributed by atoms with Gasteiger partial charge in [-0.2, -0.15) is 4.80 Å². The lowest BCUT2D eigenvalue weighted by molar-refractivity contribution is -0.117. The van der Waals surface area contributed by atoms with Crippen LogP contribution >= 0.6 is 11.6 Å². The summed E-state index contributed by atoms with van der Waals surface area (Å²) in [5, 5.41) is 15.2. The number of aryl methyl sites for hydroxylation is 1. The van der Waals surface area contributed by atoms with Crippen molar-refractivity contribution in [1.82, 2.24) is 24.5 Å². The predicted octanol–water partition coefficient (Wildman–Crippen LogP) is 2.19. The predicted molar refractivity (Wildman–Crippen MR) is 109 cm³/mol. The van der Waals surface area contributed by atoms with Crippen LogP contribution in [0.25, 0.3) is 11.4 Å². The van der Waals surface area contributed by atoms with E-state index in [0.717, 1.165) is 14.7 Å². The zero-order valence-corrected chi connectivity index (χ0v) is 17.6. The third-order valence-corrected chi connectivity index (χ3v) is 6.13. The molecule has 3 aromatic rings. The zero-order valence-electron chi connectivity index (χ0n) is 16.0. The van der Waals surface area contributed by atoms with Crippen molar-refractivity contribution in [2.24, 2.45) is 0 Å². The zero-order chi connectivity index (χ0) is 21.2. The van der Waals surface area contributed by atoms with Crippen molar-refractivity contribution >= 4 is 33.2 Å². The molecule has 29 heavy (non-hydrogen) atoms. The van der Waals surface area contributed by atoms with Crippen LogP contribution in [0.3, 0.4) is 0 Å². The van der Waals surface area contributed by atoms with Gasteiger partial charge in [-0.1, -0.05) is 29.8 Å². The molecule has 0 aliphatic carbocycles. The Morgan fingerprint density at radius 2 is 1.97 bits per heavy atom. The molecule has 0 fully saturated rings. The van der Waals surface area contributed by atoms with Gasteiger partial charge in [-0.3, -0.25) is 4.79 Å². The van der Waals surface area contributed by atoms with Gasteiger partial charge >= 0.3 is 0 Å². The minimum Gasteiger partial charge on any atom is -0.324 e. The second kappa shape index (κ2) is 8.27. The number of hydrogen-bond acceptors (Lipinski definition) is 6. The molecule has 0 atom stereocenters. The molecule has 152 valence electrons. The summed E-state index contributed by atoms with van der Waals surface area (Å²) in [5.74, 6) is -0.0712. The first-order chi connectivity index (χ1) is 13.7. The van der Waals surface area contributed by atoms with Gasteiger partial charge in [-0.05, 0) is 42.0 Å². The van der Waals surface area contributed by atoms with Crippen molar-refractivity contribution in [2.75, 3.05) is 19.4 Å². The number of aromatic nitrogens is 4. The van der Waals surface area contributed by atoms with E-state index in [1.165, 1.54) is 26.2 Å². The van der Waals surface area contributed by atoms with Crippen LogP contribution in [0.15, 0.2) is 47.4 Å². The first-order valence-electron chi connectivity index (χ1n) is 8.53. The van der Waals surface area contributed by atoms with Crippen molar-refractivity contribution in [3.63, 3.8) is 0 Å². The molecule has 0 radical (unpaired) electrons. The monoisotopic (exact) mass is 434 g/mol. The summed E-state index contributed by atoms with van der Waals surface area (Å²) < 4.78 is 25.7. The molecule has 1 aromatic heterocycles. The van der Waals surface area contributed by atoms with Crippen LogP contribution in [-0.4, -0.2) is 52.9 Å². The Hall–Kier alpha value is -2.82. The van der Waals surface area contributed by atoms with Crippen LogP contribution in [0, 0.1) is 6.92 Å². The summed E-state index contributed by atoms with van der Waals surface area (Å²) in [7, 11) is -0.719. The molecule has 9 nitrogen and oxygen atoms in total. The number of sulfonamides is 1. The lowest BCUT2D eigenvalue weighted by Gasteiger charge is -2.14. The van der Waals surface area contributed by atoms with Gasteiger partial charge in [0.2, 0.25) is 21.8 Å². The molecule has 11 heteroatoms. The number of benzene rings is 2. The summed E-state index contributed by atoms with van der Waals surface area (Å²) in [6.07, 6.45) is 0. The van der Waals surface area contributed by atoms with Gasteiger partial charge in [-0.15, -0.1) is 10.2 Å². The fourth-order valence-corrected chi connectivity index (χ4v) is 3.60. The highest BCUT2D eigenvalue weighted by molar-refractivity contribution is 7.89. The van der Waals surface area contributed by atoms with Gasteiger partial charge in [0.05, 0.1) is 4.90 Å². The number of nitrogens with zero attached hydrogens (tertiary/aromatic N) is 5. The Kier molecular flexibility index (Phi) is 5.96. The van der Waals surface area contributed by atoms with Crippen LogP contribution in [-0.2, 0) is 21.4 Å². The van der Waals surface area contributed by atoms with Gasteiger partial charge in [-0.25, -0.2) is 12.7 Å². The second-order valence-electron chi connectivity index (χ2n) is 6.47. The molecular formula is C18H19ClN6O3S. The number of anilines is 1. The number of amides is 1. The quantitative estimate of drug-likeness (QED) is 0.636. The van der Waals surface area contributed by atoms with Crippen molar-refractivity contribution in [3.05, 3.63) is 53.1 Å². The van der Waals surface area contributed by atoms with Crippen molar-refractivity contribution in [2.45, 2.75) is 18.4 Å². The number of hydrogen-bond donors (Lipinski definition) is 1. The Balaban J connectivity index is 1.75. The maximum Gasteiger partial charge on any atom is 0.248 e. The number of rotatable bonds is 6. The molecule has 0 aliphatic rings. The van der Waals surface area contributed by atoms with Crippen LogP contribution in [0.2, 0.25) is 5.02 Å². The minimum atomic E-state index is -3.61. The van der Waals surface area contributed by atoms with E-state index in [4.69, 9.17) is 11.6 Å². The van der Waals surface area contributed by atoms with Gasteiger partial charge in [0.25, 0.3) is 0 Å². The Morgan fingerprint density at radius 3 is 2.66 bits per heavy atom. The highest BCUT2D eigenvalue weighted by atomic mass is 35.5. The summed E-state index contributed by atoms with van der Waals surface area (Å²) in [6.45, 7) is 1.59. The summed E-state index contributed by atoms with van der Waals surface area (Å²) in [6, 6.07) is 11.5. The molecule has 2 aromatic carbocycles. The van der Waals surface area contributed by atoms with Crippen LogP contribution in [0.5, 0.6) is 0 Å². The van der Waals surface area contributed by atoms with E-state index >= 15 is 0 Å². The third-order valence-electron chi connectivity index (χ3n) is 4.08. The molecule has 3 rings (SSSR count). The van der Waals surface area contributed by atoms with Crippen LogP contribution in [0.1, 0.15) is 5.56 Å². The number of carbonyl (C=O) groups excluding carboxylic acids is 1. The lowest BCUT2D eigenvalue weighted by atomic mass is 10.2. The van der Waals surface area contributed by atoms with E-state index < -0.39 is 15.9 Å². The van der Waals surface area contributed by atoms with Gasteiger partial charge in [0.1, 0.15) is 6.54 Å². The smallest absolute Gasteiger partial charge is 0.248 e. The fraction of sp³-hybridized carbons (Fsp3) is 0.222. The van der Waals surface area contributed by atoms with Crippen molar-refractivity contribution in [3.8, 4) is 11.4 Å².